The third-order valence-electron chi connectivity index (χ3n) is 3.70. The van der Waals surface area contributed by atoms with Gasteiger partial charge in [0.15, 0.2) is 5.69 Å². The number of aryl methyl sites for hydroxylation is 1. The van der Waals surface area contributed by atoms with Crippen LogP contribution in [0.5, 0.6) is 5.75 Å². The molecule has 0 fully saturated rings. The Morgan fingerprint density at radius 2 is 2.17 bits per heavy atom. The fourth-order valence-corrected chi connectivity index (χ4v) is 2.52. The Morgan fingerprint density at radius 1 is 1.35 bits per heavy atom. The summed E-state index contributed by atoms with van der Waals surface area (Å²) < 4.78 is 7.16. The largest absolute Gasteiger partial charge is 0.421 e. The molecule has 120 valence electrons. The van der Waals surface area contributed by atoms with Gasteiger partial charge in [0, 0.05) is 36.9 Å². The molecule has 3 aromatic rings. The van der Waals surface area contributed by atoms with E-state index in [1.165, 1.54) is 0 Å². The fourth-order valence-electron chi connectivity index (χ4n) is 2.52. The van der Waals surface area contributed by atoms with Crippen molar-refractivity contribution in [1.82, 2.24) is 19.7 Å². The monoisotopic (exact) mass is 312 g/mol. The lowest BCUT2D eigenvalue weighted by molar-refractivity contribution is 0.0730. The maximum absolute atomic E-state index is 12.3. The number of ether oxygens (including phenoxy) is 1. The van der Waals surface area contributed by atoms with E-state index >= 15 is 0 Å². The molecule has 6 nitrogen and oxygen atoms in total. The molecule has 6 heteroatoms. The quantitative estimate of drug-likeness (QED) is 0.579. The van der Waals surface area contributed by atoms with Crippen molar-refractivity contribution < 1.29 is 9.53 Å². The van der Waals surface area contributed by atoms with Gasteiger partial charge in [-0.25, -0.2) is 4.79 Å². The number of nitrogens with one attached hydrogen (secondary N) is 1. The van der Waals surface area contributed by atoms with Gasteiger partial charge in [0.2, 0.25) is 0 Å². The van der Waals surface area contributed by atoms with E-state index in [4.69, 9.17) is 4.74 Å². The van der Waals surface area contributed by atoms with Gasteiger partial charge in [-0.1, -0.05) is 6.07 Å². The van der Waals surface area contributed by atoms with Crippen molar-refractivity contribution in [2.24, 2.45) is 7.05 Å². The number of hydrogen-bond acceptors (Lipinski definition) is 4. The van der Waals surface area contributed by atoms with Gasteiger partial charge < -0.3 is 14.6 Å². The zero-order valence-electron chi connectivity index (χ0n) is 13.5. The smallest absolute Gasteiger partial charge is 0.364 e. The van der Waals surface area contributed by atoms with Crippen LogP contribution >= 0.6 is 0 Å². The van der Waals surface area contributed by atoms with Crippen molar-refractivity contribution >= 4 is 16.9 Å². The number of benzene rings is 1. The van der Waals surface area contributed by atoms with Crippen molar-refractivity contribution in [2.45, 2.75) is 6.42 Å². The van der Waals surface area contributed by atoms with E-state index in [0.29, 0.717) is 11.4 Å². The molecule has 0 saturated carbocycles. The molecular weight excluding hydrogens is 292 g/mol. The van der Waals surface area contributed by atoms with E-state index in [9.17, 15) is 4.79 Å². The van der Waals surface area contributed by atoms with Crippen LogP contribution in [0.1, 0.15) is 16.1 Å². The average molecular weight is 312 g/mol. The second-order valence-electron chi connectivity index (χ2n) is 5.81. The van der Waals surface area contributed by atoms with Crippen LogP contribution in [0.2, 0.25) is 0 Å². The normalized spacial score (nSPS) is 11.3. The Kier molecular flexibility index (Phi) is 4.16. The summed E-state index contributed by atoms with van der Waals surface area (Å²) in [6.07, 6.45) is 4.58. The van der Waals surface area contributed by atoms with Crippen LogP contribution in [0.4, 0.5) is 0 Å². The first kappa shape index (κ1) is 15.3. The second-order valence-corrected chi connectivity index (χ2v) is 5.81. The summed E-state index contributed by atoms with van der Waals surface area (Å²) in [5.41, 5.74) is 2.40. The van der Waals surface area contributed by atoms with Gasteiger partial charge in [0.1, 0.15) is 5.75 Å². The molecule has 0 aliphatic rings. The molecular formula is C17H20N4O2. The van der Waals surface area contributed by atoms with Gasteiger partial charge >= 0.3 is 5.97 Å². The van der Waals surface area contributed by atoms with Crippen LogP contribution in [-0.4, -0.2) is 46.3 Å². The summed E-state index contributed by atoms with van der Waals surface area (Å²) in [5, 5.41) is 5.04. The molecule has 23 heavy (non-hydrogen) atoms. The van der Waals surface area contributed by atoms with Crippen LogP contribution in [0.15, 0.2) is 36.7 Å². The van der Waals surface area contributed by atoms with Gasteiger partial charge in [-0.2, -0.15) is 5.10 Å². The van der Waals surface area contributed by atoms with Crippen molar-refractivity contribution in [1.29, 1.82) is 0 Å². The molecule has 0 spiro atoms. The molecule has 2 heterocycles. The molecule has 0 saturated heterocycles. The molecule has 0 atom stereocenters. The Balaban J connectivity index is 1.90. The number of hydrogen-bond donors (Lipinski definition) is 1. The summed E-state index contributed by atoms with van der Waals surface area (Å²) >= 11 is 0. The highest BCUT2D eigenvalue weighted by Crippen LogP contribution is 2.29. The van der Waals surface area contributed by atoms with Crippen LogP contribution in [0, 0.1) is 0 Å². The molecule has 2 aromatic heterocycles. The number of carbonyl (C=O) groups excluding carboxylic acids is 1. The number of likely N-dealkylation sites (N-methyl/N-ethyl adjacent to an activating group) is 1. The van der Waals surface area contributed by atoms with E-state index in [2.05, 4.69) is 15.0 Å². The number of esters is 1. The Labute approximate surface area is 134 Å². The van der Waals surface area contributed by atoms with E-state index in [1.807, 2.05) is 38.5 Å². The summed E-state index contributed by atoms with van der Waals surface area (Å²) in [4.78, 5) is 17.6. The van der Waals surface area contributed by atoms with E-state index < -0.39 is 5.97 Å². The first-order valence-corrected chi connectivity index (χ1v) is 7.50. The highest BCUT2D eigenvalue weighted by atomic mass is 16.5. The highest BCUT2D eigenvalue weighted by molar-refractivity contribution is 5.95. The summed E-state index contributed by atoms with van der Waals surface area (Å²) in [5.74, 6) is 0.117. The number of H-pyrrole nitrogens is 1. The molecule has 1 aromatic carbocycles. The minimum atomic E-state index is -0.446. The Morgan fingerprint density at radius 3 is 2.87 bits per heavy atom. The highest BCUT2D eigenvalue weighted by Gasteiger charge is 2.16. The lowest BCUT2D eigenvalue weighted by Gasteiger charge is -2.10. The zero-order valence-corrected chi connectivity index (χ0v) is 13.5. The number of aromatic nitrogens is 3. The third-order valence-corrected chi connectivity index (χ3v) is 3.70. The summed E-state index contributed by atoms with van der Waals surface area (Å²) in [7, 11) is 5.84. The molecule has 0 bridgehead atoms. The fraction of sp³-hybridized carbons (Fsp3) is 0.294. The topological polar surface area (TPSA) is 63.1 Å². The summed E-state index contributed by atoms with van der Waals surface area (Å²) in [6, 6.07) is 7.31. The number of nitrogens with zero attached hydrogens (tertiary/aromatic N) is 3. The van der Waals surface area contributed by atoms with E-state index in [0.717, 1.165) is 29.4 Å². The van der Waals surface area contributed by atoms with Crippen molar-refractivity contribution in [2.75, 3.05) is 20.6 Å². The van der Waals surface area contributed by atoms with Crippen LogP contribution in [-0.2, 0) is 13.5 Å². The maximum Gasteiger partial charge on any atom is 0.364 e. The predicted octanol–water partition coefficient (Wildman–Crippen LogP) is 2.22. The molecule has 0 radical (unpaired) electrons. The van der Waals surface area contributed by atoms with Gasteiger partial charge in [0.25, 0.3) is 0 Å². The van der Waals surface area contributed by atoms with Crippen molar-refractivity contribution in [3.8, 4) is 5.75 Å². The summed E-state index contributed by atoms with van der Waals surface area (Å²) in [6.45, 7) is 0.926. The predicted molar refractivity (Wildman–Crippen MR) is 88.7 cm³/mol. The molecule has 0 aliphatic carbocycles. The second kappa shape index (κ2) is 6.26. The SMILES string of the molecule is CN(C)CCc1c[nH]c2cccc(OC(=O)c3ccn(C)n3)c12. The minimum Gasteiger partial charge on any atom is -0.421 e. The average Bonchev–Trinajstić information content (AvgIpc) is 3.12. The zero-order chi connectivity index (χ0) is 16.4. The molecule has 0 aliphatic heterocycles. The van der Waals surface area contributed by atoms with Crippen molar-refractivity contribution in [3.63, 3.8) is 0 Å². The standard InChI is InChI=1S/C17H20N4O2/c1-20(2)9-7-12-11-18-13-5-4-6-15(16(12)13)23-17(22)14-8-10-21(3)19-14/h4-6,8,10-11,18H,7,9H2,1-3H3. The van der Waals surface area contributed by atoms with Gasteiger partial charge in [-0.15, -0.1) is 0 Å². The van der Waals surface area contributed by atoms with Crippen LogP contribution < -0.4 is 4.74 Å². The number of fused-ring (bicyclic) bond motifs is 1. The van der Waals surface area contributed by atoms with Crippen LogP contribution in [0.25, 0.3) is 10.9 Å². The number of rotatable bonds is 5. The molecule has 1 N–H and O–H groups in total. The first-order chi connectivity index (χ1) is 11.0. The molecule has 0 amide bonds. The molecule has 3 rings (SSSR count). The van der Waals surface area contributed by atoms with Crippen molar-refractivity contribution in [3.05, 3.63) is 47.9 Å². The lowest BCUT2D eigenvalue weighted by Crippen LogP contribution is -2.15. The van der Waals surface area contributed by atoms with Crippen LogP contribution in [0.3, 0.4) is 0 Å². The number of aromatic amines is 1. The van der Waals surface area contributed by atoms with Gasteiger partial charge in [0.05, 0.1) is 0 Å². The lowest BCUT2D eigenvalue weighted by atomic mass is 10.1. The van der Waals surface area contributed by atoms with Gasteiger partial charge in [-0.3, -0.25) is 4.68 Å². The van der Waals surface area contributed by atoms with E-state index in [-0.39, 0.29) is 0 Å². The maximum atomic E-state index is 12.3. The Hall–Kier alpha value is -2.60. The number of carbonyl (C=O) groups is 1. The Bertz CT molecular complexity index is 832. The third kappa shape index (κ3) is 3.27. The first-order valence-electron chi connectivity index (χ1n) is 7.50. The van der Waals surface area contributed by atoms with E-state index in [1.54, 1.807) is 24.0 Å². The minimum absolute atomic E-state index is 0.301. The van der Waals surface area contributed by atoms with Gasteiger partial charge in [-0.05, 0) is 44.3 Å². The molecule has 0 unspecified atom stereocenters.